The fourth-order valence-corrected chi connectivity index (χ4v) is 4.39. The zero-order chi connectivity index (χ0) is 21.8. The lowest BCUT2D eigenvalue weighted by Gasteiger charge is -2.40. The molecule has 1 saturated carbocycles. The summed E-state index contributed by atoms with van der Waals surface area (Å²) in [6, 6.07) is 9.44. The number of carbonyl (C=O) groups is 3. The van der Waals surface area contributed by atoms with E-state index in [2.05, 4.69) is 15.5 Å². The molecule has 168 valence electrons. The lowest BCUT2D eigenvalue weighted by atomic mass is 9.96. The molecular weight excluding hydrogens is 394 g/mol. The van der Waals surface area contributed by atoms with Crippen LogP contribution in [0.15, 0.2) is 30.3 Å². The second kappa shape index (κ2) is 9.68. The normalized spacial score (nSPS) is 23.2. The molecule has 2 saturated heterocycles. The number of hydrogen-bond acceptors (Lipinski definition) is 4. The standard InChI is InChI=1S/C23H33N5O3/c1-17(21(29)24-20-9-10-20)26-12-14-27(15-13-26)22(30)18-6-5-11-28(16-18)23(31)25-19-7-3-2-4-8-19/h2-4,7-8,17-18,20H,5-6,9-16H2,1H3,(H,24,29)(H,25,31). The lowest BCUT2D eigenvalue weighted by Crippen LogP contribution is -2.57. The van der Waals surface area contributed by atoms with Gasteiger partial charge in [-0.05, 0) is 44.7 Å². The Kier molecular flexibility index (Phi) is 6.75. The largest absolute Gasteiger partial charge is 0.352 e. The Morgan fingerprint density at radius 1 is 0.935 bits per heavy atom. The van der Waals surface area contributed by atoms with Gasteiger partial charge in [0, 0.05) is 51.0 Å². The van der Waals surface area contributed by atoms with Crippen molar-refractivity contribution in [1.82, 2.24) is 20.0 Å². The molecule has 8 heteroatoms. The van der Waals surface area contributed by atoms with E-state index >= 15 is 0 Å². The van der Waals surface area contributed by atoms with Gasteiger partial charge in [0.25, 0.3) is 0 Å². The second-order valence-corrected chi connectivity index (χ2v) is 8.90. The molecule has 4 amide bonds. The van der Waals surface area contributed by atoms with Gasteiger partial charge < -0.3 is 20.4 Å². The highest BCUT2D eigenvalue weighted by Gasteiger charge is 2.34. The summed E-state index contributed by atoms with van der Waals surface area (Å²) in [6.45, 7) is 5.74. The van der Waals surface area contributed by atoms with E-state index in [1.807, 2.05) is 42.2 Å². The summed E-state index contributed by atoms with van der Waals surface area (Å²) < 4.78 is 0. The van der Waals surface area contributed by atoms with Gasteiger partial charge in [0.05, 0.1) is 12.0 Å². The van der Waals surface area contributed by atoms with Crippen LogP contribution in [0, 0.1) is 5.92 Å². The summed E-state index contributed by atoms with van der Waals surface area (Å²) in [5, 5.41) is 5.98. The predicted molar refractivity (Wildman–Crippen MR) is 119 cm³/mol. The first-order chi connectivity index (χ1) is 15.0. The van der Waals surface area contributed by atoms with E-state index in [1.54, 1.807) is 4.90 Å². The Bertz CT molecular complexity index is 790. The first-order valence-corrected chi connectivity index (χ1v) is 11.5. The number of hydrogen-bond donors (Lipinski definition) is 2. The average molecular weight is 428 g/mol. The van der Waals surface area contributed by atoms with Gasteiger partial charge in [-0.2, -0.15) is 0 Å². The molecule has 8 nitrogen and oxygen atoms in total. The predicted octanol–water partition coefficient (Wildman–Crippen LogP) is 1.74. The minimum absolute atomic E-state index is 0.0922. The van der Waals surface area contributed by atoms with Crippen LogP contribution in [-0.2, 0) is 9.59 Å². The van der Waals surface area contributed by atoms with Crippen LogP contribution in [0.3, 0.4) is 0 Å². The van der Waals surface area contributed by atoms with Crippen LogP contribution < -0.4 is 10.6 Å². The number of amides is 4. The SMILES string of the molecule is CC(C(=O)NC1CC1)N1CCN(C(=O)C2CCCN(C(=O)Nc3ccccc3)C2)CC1. The van der Waals surface area contributed by atoms with Crippen molar-refractivity contribution >= 4 is 23.5 Å². The molecule has 31 heavy (non-hydrogen) atoms. The Balaban J connectivity index is 1.25. The van der Waals surface area contributed by atoms with E-state index < -0.39 is 0 Å². The fraction of sp³-hybridized carbons (Fsp3) is 0.609. The highest BCUT2D eigenvalue weighted by molar-refractivity contribution is 5.90. The van der Waals surface area contributed by atoms with Gasteiger partial charge in [-0.3, -0.25) is 14.5 Å². The van der Waals surface area contributed by atoms with Gasteiger partial charge in [-0.25, -0.2) is 4.79 Å². The van der Waals surface area contributed by atoms with Gasteiger partial charge in [0.1, 0.15) is 0 Å². The molecular formula is C23H33N5O3. The van der Waals surface area contributed by atoms with Crippen molar-refractivity contribution in [3.8, 4) is 0 Å². The summed E-state index contributed by atoms with van der Waals surface area (Å²) in [6.07, 6.45) is 3.82. The van der Waals surface area contributed by atoms with E-state index in [-0.39, 0.29) is 29.8 Å². The first-order valence-electron chi connectivity index (χ1n) is 11.5. The number of benzene rings is 1. The minimum Gasteiger partial charge on any atom is -0.352 e. The number of rotatable bonds is 5. The van der Waals surface area contributed by atoms with Crippen LogP contribution >= 0.6 is 0 Å². The zero-order valence-electron chi connectivity index (χ0n) is 18.3. The number of carbonyl (C=O) groups excluding carboxylic acids is 3. The Morgan fingerprint density at radius 3 is 2.32 bits per heavy atom. The molecule has 0 bridgehead atoms. The molecule has 2 unspecified atom stereocenters. The first kappa shape index (κ1) is 21.6. The smallest absolute Gasteiger partial charge is 0.321 e. The molecule has 2 atom stereocenters. The molecule has 0 aromatic heterocycles. The van der Waals surface area contributed by atoms with Gasteiger partial charge in [0.15, 0.2) is 0 Å². The molecule has 1 aromatic carbocycles. The number of urea groups is 1. The molecule has 2 N–H and O–H groups in total. The number of likely N-dealkylation sites (tertiary alicyclic amines) is 1. The summed E-state index contributed by atoms with van der Waals surface area (Å²) in [4.78, 5) is 43.9. The molecule has 2 aliphatic heterocycles. The van der Waals surface area contributed by atoms with Gasteiger partial charge in [-0.15, -0.1) is 0 Å². The molecule has 2 heterocycles. The van der Waals surface area contributed by atoms with Crippen molar-refractivity contribution in [3.63, 3.8) is 0 Å². The maximum absolute atomic E-state index is 13.1. The van der Waals surface area contributed by atoms with Gasteiger partial charge in [-0.1, -0.05) is 18.2 Å². The Morgan fingerprint density at radius 2 is 1.65 bits per heavy atom. The number of nitrogens with one attached hydrogen (secondary N) is 2. The number of piperidine rings is 1. The number of piperazine rings is 1. The molecule has 1 aliphatic carbocycles. The third-order valence-electron chi connectivity index (χ3n) is 6.56. The zero-order valence-corrected chi connectivity index (χ0v) is 18.3. The molecule has 3 aliphatic rings. The van der Waals surface area contributed by atoms with Crippen LogP contribution in [0.1, 0.15) is 32.6 Å². The summed E-state index contributed by atoms with van der Waals surface area (Å²) >= 11 is 0. The van der Waals surface area contributed by atoms with Crippen molar-refractivity contribution in [2.75, 3.05) is 44.6 Å². The van der Waals surface area contributed by atoms with Gasteiger partial charge in [0.2, 0.25) is 11.8 Å². The topological polar surface area (TPSA) is 85.0 Å². The van der Waals surface area contributed by atoms with Crippen LogP contribution in [0.2, 0.25) is 0 Å². The summed E-state index contributed by atoms with van der Waals surface area (Å²) in [5.74, 6) is 0.0685. The molecule has 0 spiro atoms. The van der Waals surface area contributed by atoms with E-state index in [0.29, 0.717) is 45.3 Å². The number of para-hydroxylation sites is 1. The van der Waals surface area contributed by atoms with Crippen molar-refractivity contribution in [3.05, 3.63) is 30.3 Å². The maximum Gasteiger partial charge on any atom is 0.321 e. The third kappa shape index (κ3) is 5.55. The van der Waals surface area contributed by atoms with Gasteiger partial charge >= 0.3 is 6.03 Å². The highest BCUT2D eigenvalue weighted by atomic mass is 16.2. The van der Waals surface area contributed by atoms with Crippen molar-refractivity contribution in [1.29, 1.82) is 0 Å². The van der Waals surface area contributed by atoms with E-state index in [4.69, 9.17) is 0 Å². The number of nitrogens with zero attached hydrogens (tertiary/aromatic N) is 3. The summed E-state index contributed by atoms with van der Waals surface area (Å²) in [5.41, 5.74) is 0.761. The molecule has 4 rings (SSSR count). The fourth-order valence-electron chi connectivity index (χ4n) is 4.39. The van der Waals surface area contributed by atoms with Crippen LogP contribution in [0.5, 0.6) is 0 Å². The highest BCUT2D eigenvalue weighted by Crippen LogP contribution is 2.22. The quantitative estimate of drug-likeness (QED) is 0.750. The van der Waals surface area contributed by atoms with E-state index in [1.165, 1.54) is 0 Å². The lowest BCUT2D eigenvalue weighted by molar-refractivity contribution is -0.139. The van der Waals surface area contributed by atoms with Crippen LogP contribution in [0.25, 0.3) is 0 Å². The minimum atomic E-state index is -0.162. The average Bonchev–Trinajstić information content (AvgIpc) is 3.63. The molecule has 0 radical (unpaired) electrons. The van der Waals surface area contributed by atoms with E-state index in [0.717, 1.165) is 31.4 Å². The molecule has 3 fully saturated rings. The third-order valence-corrected chi connectivity index (χ3v) is 6.56. The van der Waals surface area contributed by atoms with Crippen LogP contribution in [0.4, 0.5) is 10.5 Å². The van der Waals surface area contributed by atoms with Crippen molar-refractivity contribution < 1.29 is 14.4 Å². The molecule has 1 aromatic rings. The van der Waals surface area contributed by atoms with Crippen LogP contribution in [-0.4, -0.2) is 83.9 Å². The summed E-state index contributed by atoms with van der Waals surface area (Å²) in [7, 11) is 0. The van der Waals surface area contributed by atoms with Crippen molar-refractivity contribution in [2.24, 2.45) is 5.92 Å². The second-order valence-electron chi connectivity index (χ2n) is 8.90. The number of anilines is 1. The maximum atomic E-state index is 13.1. The van der Waals surface area contributed by atoms with Crippen molar-refractivity contribution in [2.45, 2.75) is 44.7 Å². The Hall–Kier alpha value is -2.61. The monoisotopic (exact) mass is 427 g/mol. The van der Waals surface area contributed by atoms with E-state index in [9.17, 15) is 14.4 Å². The Labute approximate surface area is 183 Å².